The molecule has 1 aromatic carbocycles. The van der Waals surface area contributed by atoms with Crippen molar-refractivity contribution in [3.63, 3.8) is 0 Å². The van der Waals surface area contributed by atoms with E-state index in [9.17, 15) is 4.79 Å². The molecule has 1 heterocycles. The maximum Gasteiger partial charge on any atom is 0.376 e. The van der Waals surface area contributed by atoms with E-state index >= 15 is 0 Å². The second-order valence-electron chi connectivity index (χ2n) is 4.19. The summed E-state index contributed by atoms with van der Waals surface area (Å²) in [7, 11) is 1.28. The lowest BCUT2D eigenvalue weighted by Crippen LogP contribution is -2.10. The molecule has 0 aliphatic rings. The van der Waals surface area contributed by atoms with E-state index in [1.807, 2.05) is 12.1 Å². The van der Waals surface area contributed by atoms with Gasteiger partial charge in [0.2, 0.25) is 11.7 Å². The third kappa shape index (κ3) is 3.44. The fourth-order valence-corrected chi connectivity index (χ4v) is 1.57. The highest BCUT2D eigenvalue weighted by Crippen LogP contribution is 2.13. The molecule has 0 spiro atoms. The monoisotopic (exact) mass is 273 g/mol. The van der Waals surface area contributed by atoms with Crippen LogP contribution in [0.25, 0.3) is 0 Å². The van der Waals surface area contributed by atoms with Gasteiger partial charge in [-0.15, -0.1) is 0 Å². The van der Waals surface area contributed by atoms with E-state index in [1.54, 1.807) is 25.1 Å². The van der Waals surface area contributed by atoms with E-state index in [4.69, 9.17) is 10.5 Å². The van der Waals surface area contributed by atoms with E-state index in [1.165, 1.54) is 7.11 Å². The zero-order valence-electron chi connectivity index (χ0n) is 11.3. The minimum Gasteiger partial charge on any atom is -0.473 e. The van der Waals surface area contributed by atoms with Crippen LogP contribution in [0.5, 0.6) is 5.88 Å². The summed E-state index contributed by atoms with van der Waals surface area (Å²) in [4.78, 5) is 19.4. The van der Waals surface area contributed by atoms with Gasteiger partial charge in [0.1, 0.15) is 6.61 Å². The summed E-state index contributed by atoms with van der Waals surface area (Å²) in [6, 6.07) is 8.98. The third-order valence-corrected chi connectivity index (χ3v) is 2.57. The largest absolute Gasteiger partial charge is 0.473 e. The number of rotatable bonds is 4. The van der Waals surface area contributed by atoms with Gasteiger partial charge in [-0.2, -0.15) is 4.98 Å². The Bertz CT molecular complexity index is 612. The molecule has 2 N–H and O–H groups in total. The molecule has 104 valence electrons. The Morgan fingerprint density at radius 3 is 2.60 bits per heavy atom. The maximum atomic E-state index is 11.4. The van der Waals surface area contributed by atoms with Crippen molar-refractivity contribution in [2.24, 2.45) is 0 Å². The number of carbonyl (C=O) groups is 1. The zero-order chi connectivity index (χ0) is 14.5. The lowest BCUT2D eigenvalue weighted by atomic mass is 10.2. The number of ether oxygens (including phenoxy) is 2. The van der Waals surface area contributed by atoms with Gasteiger partial charge in [0.15, 0.2) is 0 Å². The molecule has 0 fully saturated rings. The van der Waals surface area contributed by atoms with Crippen molar-refractivity contribution in [3.8, 4) is 5.88 Å². The van der Waals surface area contributed by atoms with Gasteiger partial charge >= 0.3 is 5.97 Å². The van der Waals surface area contributed by atoms with Crippen LogP contribution in [-0.4, -0.2) is 23.0 Å². The number of carbonyl (C=O) groups excluding carboxylic acids is 1. The molecule has 2 aromatic rings. The number of aromatic nitrogens is 2. The highest BCUT2D eigenvalue weighted by Gasteiger charge is 2.12. The number of benzene rings is 1. The number of anilines is 1. The van der Waals surface area contributed by atoms with E-state index in [0.29, 0.717) is 23.9 Å². The minimum atomic E-state index is -0.592. The molecule has 1 aromatic heterocycles. The first-order valence-corrected chi connectivity index (χ1v) is 5.99. The lowest BCUT2D eigenvalue weighted by molar-refractivity contribution is 0.0584. The van der Waals surface area contributed by atoms with E-state index < -0.39 is 5.97 Å². The normalized spacial score (nSPS) is 10.1. The van der Waals surface area contributed by atoms with Crippen LogP contribution < -0.4 is 10.5 Å². The molecule has 20 heavy (non-hydrogen) atoms. The van der Waals surface area contributed by atoms with Crippen LogP contribution in [-0.2, 0) is 11.3 Å². The summed E-state index contributed by atoms with van der Waals surface area (Å²) in [5.74, 6) is -0.277. The van der Waals surface area contributed by atoms with Crippen LogP contribution in [0.15, 0.2) is 30.3 Å². The van der Waals surface area contributed by atoms with Gasteiger partial charge in [-0.25, -0.2) is 9.78 Å². The van der Waals surface area contributed by atoms with Crippen LogP contribution >= 0.6 is 0 Å². The van der Waals surface area contributed by atoms with Gasteiger partial charge in [-0.1, -0.05) is 12.1 Å². The molecule has 6 heteroatoms. The number of hydrogen-bond acceptors (Lipinski definition) is 6. The van der Waals surface area contributed by atoms with Gasteiger partial charge in [0, 0.05) is 17.4 Å². The minimum absolute atomic E-state index is 0.0141. The number of esters is 1. The Kier molecular flexibility index (Phi) is 4.14. The van der Waals surface area contributed by atoms with Gasteiger partial charge in [-0.3, -0.25) is 0 Å². The summed E-state index contributed by atoms with van der Waals surface area (Å²) in [6.45, 7) is 2.08. The number of nitrogens with zero attached hydrogens (tertiary/aromatic N) is 2. The Labute approximate surface area is 116 Å². The van der Waals surface area contributed by atoms with Crippen molar-refractivity contribution >= 4 is 11.7 Å². The zero-order valence-corrected chi connectivity index (χ0v) is 11.3. The average molecular weight is 273 g/mol. The van der Waals surface area contributed by atoms with E-state index in [0.717, 1.165) is 5.56 Å². The molecular formula is C14H15N3O3. The lowest BCUT2D eigenvalue weighted by Gasteiger charge is -2.07. The first-order valence-electron chi connectivity index (χ1n) is 5.99. The van der Waals surface area contributed by atoms with Crippen molar-refractivity contribution in [1.29, 1.82) is 0 Å². The molecule has 2 rings (SSSR count). The summed E-state index contributed by atoms with van der Waals surface area (Å²) in [5.41, 5.74) is 7.89. The van der Waals surface area contributed by atoms with E-state index in [-0.39, 0.29) is 5.82 Å². The highest BCUT2D eigenvalue weighted by molar-refractivity contribution is 5.85. The average Bonchev–Trinajstić information content (AvgIpc) is 2.45. The highest BCUT2D eigenvalue weighted by atomic mass is 16.5. The number of aryl methyl sites for hydroxylation is 1. The van der Waals surface area contributed by atoms with E-state index in [2.05, 4.69) is 14.7 Å². The number of methoxy groups -OCH3 is 1. The standard InChI is InChI=1S/C14H15N3O3/c1-9-7-12(17-13(16-9)14(18)19-2)20-8-10-3-5-11(15)6-4-10/h3-7H,8,15H2,1-2H3. The predicted octanol–water partition coefficient (Wildman–Crippen LogP) is 1.73. The molecule has 0 saturated heterocycles. The SMILES string of the molecule is COC(=O)c1nc(C)cc(OCc2ccc(N)cc2)n1. The van der Waals surface area contributed by atoms with Crippen molar-refractivity contribution < 1.29 is 14.3 Å². The Balaban J connectivity index is 2.11. The van der Waals surface area contributed by atoms with Crippen LogP contribution in [0.2, 0.25) is 0 Å². The molecule has 0 bridgehead atoms. The molecule has 0 unspecified atom stereocenters. The van der Waals surface area contributed by atoms with Crippen molar-refractivity contribution in [3.05, 3.63) is 47.4 Å². The Morgan fingerprint density at radius 2 is 1.95 bits per heavy atom. The Hall–Kier alpha value is -2.63. The summed E-state index contributed by atoms with van der Waals surface area (Å²) < 4.78 is 10.1. The third-order valence-electron chi connectivity index (χ3n) is 2.57. The molecule has 0 atom stereocenters. The predicted molar refractivity (Wildman–Crippen MR) is 73.3 cm³/mol. The van der Waals surface area contributed by atoms with Crippen molar-refractivity contribution in [1.82, 2.24) is 9.97 Å². The smallest absolute Gasteiger partial charge is 0.376 e. The van der Waals surface area contributed by atoms with Crippen LogP contribution in [0.3, 0.4) is 0 Å². The molecule has 0 saturated carbocycles. The van der Waals surface area contributed by atoms with Crippen LogP contribution in [0, 0.1) is 6.92 Å². The topological polar surface area (TPSA) is 87.3 Å². The first-order chi connectivity index (χ1) is 9.58. The first kappa shape index (κ1) is 13.8. The van der Waals surface area contributed by atoms with Gasteiger partial charge in [0.25, 0.3) is 0 Å². The number of nitrogen functional groups attached to an aromatic ring is 1. The fraction of sp³-hybridized carbons (Fsp3) is 0.214. The molecule has 0 amide bonds. The van der Waals surface area contributed by atoms with Gasteiger partial charge in [0.05, 0.1) is 7.11 Å². The summed E-state index contributed by atoms with van der Waals surface area (Å²) >= 11 is 0. The van der Waals surface area contributed by atoms with Gasteiger partial charge < -0.3 is 15.2 Å². The fourth-order valence-electron chi connectivity index (χ4n) is 1.57. The van der Waals surface area contributed by atoms with Crippen LogP contribution in [0.1, 0.15) is 21.9 Å². The van der Waals surface area contributed by atoms with Crippen molar-refractivity contribution in [2.75, 3.05) is 12.8 Å². The van der Waals surface area contributed by atoms with Crippen LogP contribution in [0.4, 0.5) is 5.69 Å². The molecule has 0 aliphatic heterocycles. The molecule has 0 aliphatic carbocycles. The molecule has 0 radical (unpaired) electrons. The molecule has 6 nitrogen and oxygen atoms in total. The molecular weight excluding hydrogens is 258 g/mol. The summed E-state index contributed by atoms with van der Waals surface area (Å²) in [5, 5.41) is 0. The maximum absolute atomic E-state index is 11.4. The van der Waals surface area contributed by atoms with Gasteiger partial charge in [-0.05, 0) is 24.6 Å². The quantitative estimate of drug-likeness (QED) is 0.674. The number of hydrogen-bond donors (Lipinski definition) is 1. The second kappa shape index (κ2) is 6.01. The second-order valence-corrected chi connectivity index (χ2v) is 4.19. The number of nitrogens with two attached hydrogens (primary N) is 1. The van der Waals surface area contributed by atoms with Crippen molar-refractivity contribution in [2.45, 2.75) is 13.5 Å². The summed E-state index contributed by atoms with van der Waals surface area (Å²) in [6.07, 6.45) is 0. The Morgan fingerprint density at radius 1 is 1.25 bits per heavy atom.